The molecule has 0 fully saturated rings. The molecule has 0 radical (unpaired) electrons. The SMILES string of the molecule is CC(=O)N(CCC(=O)Nc1ccccc1C)c1ccc(N(C)C)cc1. The van der Waals surface area contributed by atoms with Gasteiger partial charge in [-0.05, 0) is 42.8 Å². The van der Waals surface area contributed by atoms with E-state index in [1.165, 1.54) is 6.92 Å². The van der Waals surface area contributed by atoms with E-state index in [-0.39, 0.29) is 18.2 Å². The highest BCUT2D eigenvalue weighted by molar-refractivity contribution is 5.95. The van der Waals surface area contributed by atoms with Gasteiger partial charge in [-0.15, -0.1) is 0 Å². The van der Waals surface area contributed by atoms with Gasteiger partial charge in [0.1, 0.15) is 0 Å². The number of nitrogens with one attached hydrogen (secondary N) is 1. The average molecular weight is 339 g/mol. The van der Waals surface area contributed by atoms with E-state index in [2.05, 4.69) is 5.32 Å². The van der Waals surface area contributed by atoms with Crippen LogP contribution in [0.3, 0.4) is 0 Å². The standard InChI is InChI=1S/C20H25N3O2/c1-15-7-5-6-8-19(15)21-20(25)13-14-23(16(2)24)18-11-9-17(10-12-18)22(3)4/h5-12H,13-14H2,1-4H3,(H,21,25). The molecule has 1 N–H and O–H groups in total. The number of aryl methyl sites for hydroxylation is 1. The number of para-hydroxylation sites is 1. The summed E-state index contributed by atoms with van der Waals surface area (Å²) in [5.41, 5.74) is 3.67. The van der Waals surface area contributed by atoms with Gasteiger partial charge in [0.2, 0.25) is 11.8 Å². The number of hydrogen-bond donors (Lipinski definition) is 1. The van der Waals surface area contributed by atoms with Crippen molar-refractivity contribution in [3.63, 3.8) is 0 Å². The Hall–Kier alpha value is -2.82. The summed E-state index contributed by atoms with van der Waals surface area (Å²) >= 11 is 0. The summed E-state index contributed by atoms with van der Waals surface area (Å²) in [5, 5.41) is 2.90. The van der Waals surface area contributed by atoms with Gasteiger partial charge in [-0.2, -0.15) is 0 Å². The molecule has 2 rings (SSSR count). The first kappa shape index (κ1) is 18.5. The number of hydrogen-bond acceptors (Lipinski definition) is 3. The summed E-state index contributed by atoms with van der Waals surface area (Å²) in [6.07, 6.45) is 0.239. The minimum absolute atomic E-state index is 0.0821. The van der Waals surface area contributed by atoms with E-state index >= 15 is 0 Å². The van der Waals surface area contributed by atoms with Crippen molar-refractivity contribution in [3.05, 3.63) is 54.1 Å². The number of carbonyl (C=O) groups is 2. The van der Waals surface area contributed by atoms with Crippen molar-refractivity contribution < 1.29 is 9.59 Å². The van der Waals surface area contributed by atoms with Crippen LogP contribution in [0.2, 0.25) is 0 Å². The Balaban J connectivity index is 2.01. The largest absolute Gasteiger partial charge is 0.378 e. The predicted octanol–water partition coefficient (Wildman–Crippen LogP) is 3.44. The van der Waals surface area contributed by atoms with Gasteiger partial charge < -0.3 is 15.1 Å². The fourth-order valence-corrected chi connectivity index (χ4v) is 2.54. The van der Waals surface area contributed by atoms with Crippen LogP contribution in [0.25, 0.3) is 0 Å². The van der Waals surface area contributed by atoms with E-state index < -0.39 is 0 Å². The fraction of sp³-hybridized carbons (Fsp3) is 0.300. The summed E-state index contributed by atoms with van der Waals surface area (Å²) < 4.78 is 0. The lowest BCUT2D eigenvalue weighted by molar-refractivity contribution is -0.117. The van der Waals surface area contributed by atoms with Crippen molar-refractivity contribution in [2.75, 3.05) is 35.8 Å². The lowest BCUT2D eigenvalue weighted by atomic mass is 10.2. The second-order valence-electron chi connectivity index (χ2n) is 6.19. The van der Waals surface area contributed by atoms with Crippen LogP contribution >= 0.6 is 0 Å². The zero-order valence-electron chi connectivity index (χ0n) is 15.2. The van der Waals surface area contributed by atoms with Crippen LogP contribution in [-0.4, -0.2) is 32.5 Å². The summed E-state index contributed by atoms with van der Waals surface area (Å²) in [4.78, 5) is 27.8. The fourth-order valence-electron chi connectivity index (χ4n) is 2.54. The van der Waals surface area contributed by atoms with E-state index in [0.29, 0.717) is 6.54 Å². The molecule has 0 atom stereocenters. The van der Waals surface area contributed by atoms with Gasteiger partial charge in [-0.3, -0.25) is 9.59 Å². The normalized spacial score (nSPS) is 10.2. The number of carbonyl (C=O) groups excluding carboxylic acids is 2. The molecule has 2 aromatic rings. The van der Waals surface area contributed by atoms with Crippen LogP contribution in [-0.2, 0) is 9.59 Å². The van der Waals surface area contributed by atoms with Crippen LogP contribution in [0, 0.1) is 6.92 Å². The molecule has 0 bridgehead atoms. The first-order chi connectivity index (χ1) is 11.9. The highest BCUT2D eigenvalue weighted by Crippen LogP contribution is 2.20. The maximum absolute atomic E-state index is 12.2. The molecule has 0 unspecified atom stereocenters. The van der Waals surface area contributed by atoms with Gasteiger partial charge in [-0.1, -0.05) is 18.2 Å². The lowest BCUT2D eigenvalue weighted by Crippen LogP contribution is -2.32. The minimum atomic E-state index is -0.106. The first-order valence-corrected chi connectivity index (χ1v) is 8.29. The van der Waals surface area contributed by atoms with Crippen molar-refractivity contribution in [2.45, 2.75) is 20.3 Å². The smallest absolute Gasteiger partial charge is 0.226 e. The van der Waals surface area contributed by atoms with Crippen LogP contribution < -0.4 is 15.1 Å². The highest BCUT2D eigenvalue weighted by Gasteiger charge is 2.14. The van der Waals surface area contributed by atoms with Crippen molar-refractivity contribution in [1.29, 1.82) is 0 Å². The van der Waals surface area contributed by atoms with Gasteiger partial charge in [0, 0.05) is 51.0 Å². The molecular weight excluding hydrogens is 314 g/mol. The molecule has 0 saturated heterocycles. The molecule has 0 aliphatic rings. The molecular formula is C20H25N3O2. The molecule has 2 aromatic carbocycles. The minimum Gasteiger partial charge on any atom is -0.378 e. The zero-order valence-corrected chi connectivity index (χ0v) is 15.2. The Morgan fingerprint density at radius 2 is 1.56 bits per heavy atom. The van der Waals surface area contributed by atoms with Gasteiger partial charge in [0.15, 0.2) is 0 Å². The Bertz CT molecular complexity index is 739. The molecule has 0 aromatic heterocycles. The van der Waals surface area contributed by atoms with E-state index in [1.807, 2.05) is 74.4 Å². The highest BCUT2D eigenvalue weighted by atomic mass is 16.2. The molecule has 0 heterocycles. The molecule has 0 saturated carbocycles. The van der Waals surface area contributed by atoms with Crippen molar-refractivity contribution >= 4 is 28.9 Å². The average Bonchev–Trinajstić information content (AvgIpc) is 2.57. The topological polar surface area (TPSA) is 52.7 Å². The Morgan fingerprint density at radius 1 is 0.960 bits per heavy atom. The van der Waals surface area contributed by atoms with E-state index in [1.54, 1.807) is 4.90 Å². The second-order valence-corrected chi connectivity index (χ2v) is 6.19. The molecule has 25 heavy (non-hydrogen) atoms. The third-order valence-electron chi connectivity index (χ3n) is 4.04. The van der Waals surface area contributed by atoms with Gasteiger partial charge in [-0.25, -0.2) is 0 Å². The molecule has 0 spiro atoms. The van der Waals surface area contributed by atoms with Gasteiger partial charge in [0.05, 0.1) is 0 Å². The Morgan fingerprint density at radius 3 is 2.12 bits per heavy atom. The molecule has 132 valence electrons. The second kappa shape index (κ2) is 8.33. The van der Waals surface area contributed by atoms with Gasteiger partial charge >= 0.3 is 0 Å². The molecule has 0 aliphatic carbocycles. The van der Waals surface area contributed by atoms with Crippen molar-refractivity contribution in [1.82, 2.24) is 0 Å². The third-order valence-corrected chi connectivity index (χ3v) is 4.04. The van der Waals surface area contributed by atoms with Gasteiger partial charge in [0.25, 0.3) is 0 Å². The maximum Gasteiger partial charge on any atom is 0.226 e. The predicted molar refractivity (Wildman–Crippen MR) is 103 cm³/mol. The van der Waals surface area contributed by atoms with E-state index in [0.717, 1.165) is 22.6 Å². The molecule has 5 heteroatoms. The Labute approximate surface area is 149 Å². The van der Waals surface area contributed by atoms with Crippen molar-refractivity contribution in [2.24, 2.45) is 0 Å². The quantitative estimate of drug-likeness (QED) is 0.877. The Kier molecular flexibility index (Phi) is 6.17. The van der Waals surface area contributed by atoms with Crippen LogP contribution in [0.15, 0.2) is 48.5 Å². The molecule has 0 aliphatic heterocycles. The molecule has 5 nitrogen and oxygen atoms in total. The van der Waals surface area contributed by atoms with E-state index in [4.69, 9.17) is 0 Å². The lowest BCUT2D eigenvalue weighted by Gasteiger charge is -2.22. The first-order valence-electron chi connectivity index (χ1n) is 8.29. The number of rotatable bonds is 6. The summed E-state index contributed by atoms with van der Waals surface area (Å²) in [5.74, 6) is -0.188. The number of anilines is 3. The van der Waals surface area contributed by atoms with Crippen LogP contribution in [0.5, 0.6) is 0 Å². The summed E-state index contributed by atoms with van der Waals surface area (Å²) in [6, 6.07) is 15.3. The molecule has 2 amide bonds. The number of amides is 2. The number of benzene rings is 2. The van der Waals surface area contributed by atoms with Crippen LogP contribution in [0.1, 0.15) is 18.9 Å². The zero-order chi connectivity index (χ0) is 18.4. The third kappa shape index (κ3) is 5.08. The van der Waals surface area contributed by atoms with Crippen molar-refractivity contribution in [3.8, 4) is 0 Å². The maximum atomic E-state index is 12.2. The summed E-state index contributed by atoms with van der Waals surface area (Å²) in [6.45, 7) is 3.80. The monoisotopic (exact) mass is 339 g/mol. The van der Waals surface area contributed by atoms with E-state index in [9.17, 15) is 9.59 Å². The van der Waals surface area contributed by atoms with Crippen LogP contribution in [0.4, 0.5) is 17.1 Å². The summed E-state index contributed by atoms with van der Waals surface area (Å²) in [7, 11) is 3.93. The number of nitrogens with zero attached hydrogens (tertiary/aromatic N) is 2.